The molecule has 5 heteroatoms. The number of carbonyl (C=O) groups is 1. The van der Waals surface area contributed by atoms with Crippen LogP contribution in [0, 0.1) is 11.3 Å². The number of nitriles is 1. The molecule has 1 heterocycles. The number of aliphatic carboxylic acids is 1. The van der Waals surface area contributed by atoms with Crippen LogP contribution in [0.15, 0.2) is 24.3 Å². The van der Waals surface area contributed by atoms with E-state index in [1.807, 2.05) is 24.3 Å². The molecule has 1 aromatic carbocycles. The van der Waals surface area contributed by atoms with Crippen LogP contribution in [0.2, 0.25) is 0 Å². The fourth-order valence-corrected chi connectivity index (χ4v) is 2.19. The van der Waals surface area contributed by atoms with Crippen LogP contribution in [0.4, 0.5) is 5.69 Å². The van der Waals surface area contributed by atoms with E-state index in [1.165, 1.54) is 0 Å². The van der Waals surface area contributed by atoms with Crippen LogP contribution >= 0.6 is 0 Å². The first kappa shape index (κ1) is 11.4. The highest BCUT2D eigenvalue weighted by atomic mass is 16.4. The first-order valence-electron chi connectivity index (χ1n) is 5.32. The number of rotatable bonds is 3. The number of nitrogens with one attached hydrogen (secondary N) is 1. The van der Waals surface area contributed by atoms with E-state index in [0.29, 0.717) is 6.54 Å². The number of fused-ring (bicyclic) bond motifs is 1. The summed E-state index contributed by atoms with van der Waals surface area (Å²) < 4.78 is 0. The maximum Gasteiger partial charge on any atom is 0.320 e. The third kappa shape index (κ3) is 1.83. The van der Waals surface area contributed by atoms with Gasteiger partial charge in [0.1, 0.15) is 11.5 Å². The Morgan fingerprint density at radius 3 is 3.00 bits per heavy atom. The van der Waals surface area contributed by atoms with Gasteiger partial charge in [0.25, 0.3) is 0 Å². The molecule has 0 saturated carbocycles. The van der Waals surface area contributed by atoms with Crippen molar-refractivity contribution >= 4 is 11.7 Å². The summed E-state index contributed by atoms with van der Waals surface area (Å²) in [6, 6.07) is 8.61. The van der Waals surface area contributed by atoms with Gasteiger partial charge in [-0.3, -0.25) is 4.79 Å². The normalized spacial score (nSPS) is 23.3. The van der Waals surface area contributed by atoms with Crippen LogP contribution in [-0.2, 0) is 10.2 Å². The van der Waals surface area contributed by atoms with Crippen molar-refractivity contribution in [3.8, 4) is 6.07 Å². The molecular weight excluding hydrogens is 218 g/mol. The SMILES string of the molecule is N#CC1(CC(N)C(=O)O)CNc2ccccc21. The molecule has 1 aromatic rings. The highest BCUT2D eigenvalue weighted by Crippen LogP contribution is 2.39. The number of benzene rings is 1. The molecule has 0 aliphatic carbocycles. The smallest absolute Gasteiger partial charge is 0.320 e. The average Bonchev–Trinajstić information content (AvgIpc) is 2.69. The number of hydrogen-bond acceptors (Lipinski definition) is 4. The minimum Gasteiger partial charge on any atom is -0.480 e. The lowest BCUT2D eigenvalue weighted by Gasteiger charge is -2.22. The predicted octanol–water partition coefficient (Wildman–Crippen LogP) is 0.675. The Morgan fingerprint density at radius 1 is 1.65 bits per heavy atom. The van der Waals surface area contributed by atoms with Crippen molar-refractivity contribution in [2.24, 2.45) is 5.73 Å². The molecule has 1 aliphatic heterocycles. The summed E-state index contributed by atoms with van der Waals surface area (Å²) >= 11 is 0. The summed E-state index contributed by atoms with van der Waals surface area (Å²) in [6.07, 6.45) is 0.114. The summed E-state index contributed by atoms with van der Waals surface area (Å²) in [6.45, 7) is 0.407. The van der Waals surface area contributed by atoms with Crippen LogP contribution in [-0.4, -0.2) is 23.7 Å². The third-order valence-corrected chi connectivity index (χ3v) is 3.12. The van der Waals surface area contributed by atoms with Crippen molar-refractivity contribution in [3.63, 3.8) is 0 Å². The molecule has 5 nitrogen and oxygen atoms in total. The van der Waals surface area contributed by atoms with Crippen molar-refractivity contribution < 1.29 is 9.90 Å². The summed E-state index contributed by atoms with van der Waals surface area (Å²) in [4.78, 5) is 10.8. The largest absolute Gasteiger partial charge is 0.480 e. The van der Waals surface area contributed by atoms with E-state index in [4.69, 9.17) is 10.8 Å². The van der Waals surface area contributed by atoms with Crippen LogP contribution in [0.5, 0.6) is 0 Å². The number of anilines is 1. The van der Waals surface area contributed by atoms with Crippen molar-refractivity contribution in [3.05, 3.63) is 29.8 Å². The van der Waals surface area contributed by atoms with Crippen LogP contribution in [0.3, 0.4) is 0 Å². The number of carboxylic acids is 1. The fourth-order valence-electron chi connectivity index (χ4n) is 2.19. The standard InChI is InChI=1S/C12H13N3O2/c13-6-12(5-9(14)11(16)17)7-15-10-4-2-1-3-8(10)12/h1-4,9,15H,5,7,14H2,(H,16,17). The van der Waals surface area contributed by atoms with Crippen molar-refractivity contribution in [1.29, 1.82) is 5.26 Å². The third-order valence-electron chi connectivity index (χ3n) is 3.12. The van der Waals surface area contributed by atoms with E-state index in [0.717, 1.165) is 11.3 Å². The van der Waals surface area contributed by atoms with Crippen LogP contribution < -0.4 is 11.1 Å². The molecule has 2 unspecified atom stereocenters. The Balaban J connectivity index is 2.35. The number of carboxylic acid groups (broad SMARTS) is 1. The molecule has 0 saturated heterocycles. The van der Waals surface area contributed by atoms with E-state index in [9.17, 15) is 10.1 Å². The second-order valence-electron chi connectivity index (χ2n) is 4.24. The average molecular weight is 231 g/mol. The zero-order valence-electron chi connectivity index (χ0n) is 9.18. The molecular formula is C12H13N3O2. The quantitative estimate of drug-likeness (QED) is 0.710. The van der Waals surface area contributed by atoms with Gasteiger partial charge in [-0.25, -0.2) is 0 Å². The Bertz CT molecular complexity index is 495. The number of hydrogen-bond donors (Lipinski definition) is 3. The van der Waals surface area contributed by atoms with Gasteiger partial charge in [-0.2, -0.15) is 5.26 Å². The van der Waals surface area contributed by atoms with Gasteiger partial charge < -0.3 is 16.2 Å². The molecule has 1 aliphatic rings. The van der Waals surface area contributed by atoms with Gasteiger partial charge in [0, 0.05) is 12.2 Å². The maximum atomic E-state index is 10.8. The van der Waals surface area contributed by atoms with Gasteiger partial charge in [0.2, 0.25) is 0 Å². The zero-order valence-corrected chi connectivity index (χ0v) is 9.18. The molecule has 0 bridgehead atoms. The molecule has 0 spiro atoms. The Kier molecular flexibility index (Phi) is 2.74. The minimum absolute atomic E-state index is 0.114. The predicted molar refractivity (Wildman–Crippen MR) is 62.5 cm³/mol. The van der Waals surface area contributed by atoms with Crippen molar-refractivity contribution in [2.75, 3.05) is 11.9 Å². The van der Waals surface area contributed by atoms with E-state index >= 15 is 0 Å². The Morgan fingerprint density at radius 2 is 2.35 bits per heavy atom. The van der Waals surface area contributed by atoms with Gasteiger partial charge in [-0.15, -0.1) is 0 Å². The molecule has 0 radical (unpaired) electrons. The van der Waals surface area contributed by atoms with E-state index in [2.05, 4.69) is 11.4 Å². The van der Waals surface area contributed by atoms with Gasteiger partial charge in [0.05, 0.1) is 6.07 Å². The molecule has 0 fully saturated rings. The van der Waals surface area contributed by atoms with Gasteiger partial charge >= 0.3 is 5.97 Å². The number of nitrogens with two attached hydrogens (primary N) is 1. The fraction of sp³-hybridized carbons (Fsp3) is 0.333. The summed E-state index contributed by atoms with van der Waals surface area (Å²) in [5.74, 6) is -1.08. The minimum atomic E-state index is -1.08. The molecule has 88 valence electrons. The Labute approximate surface area is 98.9 Å². The second-order valence-corrected chi connectivity index (χ2v) is 4.24. The summed E-state index contributed by atoms with van der Waals surface area (Å²) in [5.41, 5.74) is 6.41. The van der Waals surface area contributed by atoms with Gasteiger partial charge in [-0.1, -0.05) is 18.2 Å². The molecule has 0 aromatic heterocycles. The highest BCUT2D eigenvalue weighted by Gasteiger charge is 2.41. The molecule has 17 heavy (non-hydrogen) atoms. The lowest BCUT2D eigenvalue weighted by molar-refractivity contribution is -0.138. The molecule has 2 rings (SSSR count). The van der Waals surface area contributed by atoms with Gasteiger partial charge in [0.15, 0.2) is 0 Å². The van der Waals surface area contributed by atoms with Gasteiger partial charge in [-0.05, 0) is 18.1 Å². The topological polar surface area (TPSA) is 99.1 Å². The summed E-state index contributed by atoms with van der Waals surface area (Å²) in [5, 5.41) is 21.3. The van der Waals surface area contributed by atoms with Crippen molar-refractivity contribution in [2.45, 2.75) is 17.9 Å². The Hall–Kier alpha value is -2.06. The zero-order chi connectivity index (χ0) is 12.5. The van der Waals surface area contributed by atoms with E-state index < -0.39 is 17.4 Å². The number of para-hydroxylation sites is 1. The lowest BCUT2D eigenvalue weighted by atomic mass is 9.78. The van der Waals surface area contributed by atoms with Crippen LogP contribution in [0.25, 0.3) is 0 Å². The lowest BCUT2D eigenvalue weighted by Crippen LogP contribution is -2.40. The molecule has 0 amide bonds. The first-order chi connectivity index (χ1) is 8.09. The maximum absolute atomic E-state index is 10.8. The van der Waals surface area contributed by atoms with Crippen molar-refractivity contribution in [1.82, 2.24) is 0 Å². The van der Waals surface area contributed by atoms with E-state index in [-0.39, 0.29) is 6.42 Å². The highest BCUT2D eigenvalue weighted by molar-refractivity contribution is 5.74. The molecule has 4 N–H and O–H groups in total. The summed E-state index contributed by atoms with van der Waals surface area (Å²) in [7, 11) is 0. The second kappa shape index (κ2) is 4.07. The molecule has 2 atom stereocenters. The monoisotopic (exact) mass is 231 g/mol. The van der Waals surface area contributed by atoms with E-state index in [1.54, 1.807) is 0 Å². The van der Waals surface area contributed by atoms with Crippen LogP contribution in [0.1, 0.15) is 12.0 Å². The number of nitrogens with zero attached hydrogens (tertiary/aromatic N) is 1. The first-order valence-corrected chi connectivity index (χ1v) is 5.32.